The molecule has 1 aliphatic rings. The van der Waals surface area contributed by atoms with Crippen molar-refractivity contribution in [1.29, 1.82) is 0 Å². The number of anilines is 1. The average Bonchev–Trinajstić information content (AvgIpc) is 2.75. The molecule has 0 radical (unpaired) electrons. The number of nitrogens with zero attached hydrogens (tertiary/aromatic N) is 4. The molecule has 29 heavy (non-hydrogen) atoms. The summed E-state index contributed by atoms with van der Waals surface area (Å²) in [6, 6.07) is 14.5. The van der Waals surface area contributed by atoms with Crippen LogP contribution in [0.25, 0.3) is 11.5 Å². The molecular weight excluding hydrogens is 369 g/mol. The summed E-state index contributed by atoms with van der Waals surface area (Å²) in [5, 5.41) is 0. The number of carbonyl (C=O) groups excluding carboxylic acids is 1. The van der Waals surface area contributed by atoms with Crippen LogP contribution in [0.3, 0.4) is 0 Å². The summed E-state index contributed by atoms with van der Waals surface area (Å²) in [4.78, 5) is 27.2. The molecule has 1 atom stereocenters. The van der Waals surface area contributed by atoms with E-state index in [9.17, 15) is 9.18 Å². The summed E-state index contributed by atoms with van der Waals surface area (Å²) in [7, 11) is 0. The number of hydrogen-bond donors (Lipinski definition) is 1. The van der Waals surface area contributed by atoms with Gasteiger partial charge in [0.1, 0.15) is 17.3 Å². The van der Waals surface area contributed by atoms with Gasteiger partial charge in [0.2, 0.25) is 5.91 Å². The summed E-state index contributed by atoms with van der Waals surface area (Å²) in [5.74, 6) is 0.517. The molecule has 2 N–H and O–H groups in total. The lowest BCUT2D eigenvalue weighted by molar-refractivity contribution is -0.120. The topological polar surface area (TPSA) is 85.0 Å². The number of primary amides is 1. The Balaban J connectivity index is 1.48. The SMILES string of the molecule is NC(=O)C(c1ccccc1)C1CCN(c2ccnc(-c3ccc(F)cn3)n2)CC1. The predicted octanol–water partition coefficient (Wildman–Crippen LogP) is 3.16. The van der Waals surface area contributed by atoms with Crippen LogP contribution in [-0.4, -0.2) is 33.9 Å². The fraction of sp³-hybridized carbons (Fsp3) is 0.273. The molecule has 7 heteroatoms. The number of amides is 1. The van der Waals surface area contributed by atoms with E-state index in [2.05, 4.69) is 19.9 Å². The first-order chi connectivity index (χ1) is 14.1. The van der Waals surface area contributed by atoms with Gasteiger partial charge in [-0.3, -0.25) is 4.79 Å². The van der Waals surface area contributed by atoms with Crippen LogP contribution >= 0.6 is 0 Å². The standard InChI is InChI=1S/C22H22FN5O/c23-17-6-7-18(26-14-17)22-25-11-8-19(27-22)28-12-9-16(10-13-28)20(21(24)29)15-4-2-1-3-5-15/h1-8,11,14,16,20H,9-10,12-13H2,(H2,24,29). The van der Waals surface area contributed by atoms with E-state index in [1.165, 1.54) is 6.07 Å². The molecule has 0 saturated carbocycles. The van der Waals surface area contributed by atoms with Crippen molar-refractivity contribution >= 4 is 11.7 Å². The van der Waals surface area contributed by atoms with E-state index in [4.69, 9.17) is 5.73 Å². The van der Waals surface area contributed by atoms with Gasteiger partial charge in [0.25, 0.3) is 0 Å². The number of piperidine rings is 1. The summed E-state index contributed by atoms with van der Waals surface area (Å²) in [6.07, 6.45) is 4.53. The number of aromatic nitrogens is 3. The van der Waals surface area contributed by atoms with Crippen molar-refractivity contribution in [1.82, 2.24) is 15.0 Å². The molecule has 1 saturated heterocycles. The lowest BCUT2D eigenvalue weighted by Gasteiger charge is -2.35. The van der Waals surface area contributed by atoms with E-state index in [-0.39, 0.29) is 17.7 Å². The molecule has 0 aliphatic carbocycles. The van der Waals surface area contributed by atoms with Crippen LogP contribution in [0.2, 0.25) is 0 Å². The van der Waals surface area contributed by atoms with Gasteiger partial charge in [-0.2, -0.15) is 0 Å². The highest BCUT2D eigenvalue weighted by atomic mass is 19.1. The van der Waals surface area contributed by atoms with Crippen molar-refractivity contribution < 1.29 is 9.18 Å². The van der Waals surface area contributed by atoms with E-state index in [1.807, 2.05) is 36.4 Å². The molecule has 1 fully saturated rings. The molecule has 6 nitrogen and oxygen atoms in total. The summed E-state index contributed by atoms with van der Waals surface area (Å²) < 4.78 is 13.1. The van der Waals surface area contributed by atoms with Crippen molar-refractivity contribution in [2.45, 2.75) is 18.8 Å². The van der Waals surface area contributed by atoms with Crippen LogP contribution in [0.5, 0.6) is 0 Å². The van der Waals surface area contributed by atoms with Crippen molar-refractivity contribution in [2.24, 2.45) is 11.7 Å². The zero-order chi connectivity index (χ0) is 20.2. The van der Waals surface area contributed by atoms with Gasteiger partial charge in [-0.15, -0.1) is 0 Å². The largest absolute Gasteiger partial charge is 0.369 e. The molecule has 0 spiro atoms. The van der Waals surface area contributed by atoms with Crippen LogP contribution in [-0.2, 0) is 4.79 Å². The predicted molar refractivity (Wildman–Crippen MR) is 109 cm³/mol. The van der Waals surface area contributed by atoms with Gasteiger partial charge in [-0.1, -0.05) is 30.3 Å². The van der Waals surface area contributed by atoms with Crippen LogP contribution in [0.4, 0.5) is 10.2 Å². The Morgan fingerprint density at radius 1 is 1.07 bits per heavy atom. The minimum Gasteiger partial charge on any atom is -0.369 e. The third-order valence-corrected chi connectivity index (χ3v) is 5.40. The van der Waals surface area contributed by atoms with Gasteiger partial charge in [0.15, 0.2) is 5.82 Å². The van der Waals surface area contributed by atoms with E-state index in [0.29, 0.717) is 11.5 Å². The van der Waals surface area contributed by atoms with E-state index < -0.39 is 5.82 Å². The number of hydrogen-bond acceptors (Lipinski definition) is 5. The number of carbonyl (C=O) groups is 1. The van der Waals surface area contributed by atoms with Crippen LogP contribution in [0, 0.1) is 11.7 Å². The highest BCUT2D eigenvalue weighted by molar-refractivity contribution is 5.82. The van der Waals surface area contributed by atoms with E-state index >= 15 is 0 Å². The molecule has 3 aromatic rings. The van der Waals surface area contributed by atoms with Gasteiger partial charge in [-0.05, 0) is 42.5 Å². The Bertz CT molecular complexity index is 972. The monoisotopic (exact) mass is 391 g/mol. The maximum atomic E-state index is 13.1. The maximum absolute atomic E-state index is 13.1. The highest BCUT2D eigenvalue weighted by Gasteiger charge is 2.31. The molecule has 1 aromatic carbocycles. The summed E-state index contributed by atoms with van der Waals surface area (Å²) >= 11 is 0. The molecule has 3 heterocycles. The Morgan fingerprint density at radius 3 is 2.48 bits per heavy atom. The van der Waals surface area contributed by atoms with Gasteiger partial charge in [0, 0.05) is 19.3 Å². The minimum atomic E-state index is -0.394. The fourth-order valence-corrected chi connectivity index (χ4v) is 3.95. The van der Waals surface area contributed by atoms with Crippen LogP contribution < -0.4 is 10.6 Å². The van der Waals surface area contributed by atoms with Gasteiger partial charge < -0.3 is 10.6 Å². The number of halogens is 1. The number of nitrogens with two attached hydrogens (primary N) is 1. The fourth-order valence-electron chi connectivity index (χ4n) is 3.95. The summed E-state index contributed by atoms with van der Waals surface area (Å²) in [5.41, 5.74) is 7.24. The molecule has 148 valence electrons. The second kappa shape index (κ2) is 8.34. The number of rotatable bonds is 5. The Morgan fingerprint density at radius 2 is 1.83 bits per heavy atom. The number of pyridine rings is 1. The average molecular weight is 391 g/mol. The first kappa shape index (κ1) is 19.0. The normalized spacial score (nSPS) is 15.8. The quantitative estimate of drug-likeness (QED) is 0.722. The molecule has 1 unspecified atom stereocenters. The van der Waals surface area contributed by atoms with Gasteiger partial charge in [0.05, 0.1) is 12.1 Å². The van der Waals surface area contributed by atoms with Crippen LogP contribution in [0.1, 0.15) is 24.3 Å². The first-order valence-corrected chi connectivity index (χ1v) is 9.66. The second-order valence-corrected chi connectivity index (χ2v) is 7.22. The van der Waals surface area contributed by atoms with Crippen molar-refractivity contribution in [2.75, 3.05) is 18.0 Å². The van der Waals surface area contributed by atoms with Crippen LogP contribution in [0.15, 0.2) is 60.9 Å². The van der Waals surface area contributed by atoms with Crippen molar-refractivity contribution in [3.63, 3.8) is 0 Å². The zero-order valence-corrected chi connectivity index (χ0v) is 15.9. The van der Waals surface area contributed by atoms with Gasteiger partial charge >= 0.3 is 0 Å². The van der Waals surface area contributed by atoms with E-state index in [0.717, 1.165) is 43.5 Å². The number of benzene rings is 1. The molecule has 1 amide bonds. The zero-order valence-electron chi connectivity index (χ0n) is 15.9. The lowest BCUT2D eigenvalue weighted by Crippen LogP contribution is -2.39. The highest BCUT2D eigenvalue weighted by Crippen LogP contribution is 2.33. The minimum absolute atomic E-state index is 0.200. The molecule has 0 bridgehead atoms. The first-order valence-electron chi connectivity index (χ1n) is 9.66. The second-order valence-electron chi connectivity index (χ2n) is 7.22. The summed E-state index contributed by atoms with van der Waals surface area (Å²) in [6.45, 7) is 1.54. The third kappa shape index (κ3) is 4.23. The van der Waals surface area contributed by atoms with E-state index in [1.54, 1.807) is 12.3 Å². The molecular formula is C22H22FN5O. The molecule has 1 aliphatic heterocycles. The van der Waals surface area contributed by atoms with Gasteiger partial charge in [-0.25, -0.2) is 19.3 Å². The van der Waals surface area contributed by atoms with Crippen molar-refractivity contribution in [3.05, 3.63) is 72.3 Å². The Hall–Kier alpha value is -3.35. The molecule has 2 aromatic heterocycles. The maximum Gasteiger partial charge on any atom is 0.225 e. The third-order valence-electron chi connectivity index (χ3n) is 5.40. The van der Waals surface area contributed by atoms with Crippen molar-refractivity contribution in [3.8, 4) is 11.5 Å². The lowest BCUT2D eigenvalue weighted by atomic mass is 9.79. The Kier molecular flexibility index (Phi) is 5.46. The molecule has 4 rings (SSSR count). The Labute approximate surface area is 168 Å². The smallest absolute Gasteiger partial charge is 0.225 e.